The molecule has 0 amide bonds. The fraction of sp³-hybridized carbons (Fsp3) is 0.763. The fourth-order valence-corrected chi connectivity index (χ4v) is 20.2. The molecule has 0 N–H and O–H groups in total. The molecule has 482 valence electrons. The van der Waals surface area contributed by atoms with E-state index < -0.39 is 10.8 Å². The van der Waals surface area contributed by atoms with E-state index in [0.717, 1.165) is 129 Å². The Morgan fingerprint density at radius 1 is 0.291 bits per heavy atom. The normalized spacial score (nSPS) is 13.9. The molecule has 4 nitrogen and oxygen atoms in total. The van der Waals surface area contributed by atoms with E-state index in [2.05, 4.69) is 85.0 Å². The molecule has 0 radical (unpaired) electrons. The van der Waals surface area contributed by atoms with E-state index in [0.29, 0.717) is 22.3 Å². The van der Waals surface area contributed by atoms with Crippen molar-refractivity contribution in [1.29, 1.82) is 0 Å². The van der Waals surface area contributed by atoms with E-state index in [9.17, 15) is 0 Å². The number of fused-ring (bicyclic) bond motifs is 10. The first kappa shape index (κ1) is 72.6. The van der Waals surface area contributed by atoms with Gasteiger partial charge >= 0.3 is 388 Å². The summed E-state index contributed by atoms with van der Waals surface area (Å²) in [5.41, 5.74) is 8.64. The number of unbranched alkanes of at least 4 members (excludes halogenated alkanes) is 44. The van der Waals surface area contributed by atoms with Crippen LogP contribution < -0.4 is 0 Å². The van der Waals surface area contributed by atoms with Crippen molar-refractivity contribution >= 4 is 97.2 Å². The van der Waals surface area contributed by atoms with Crippen molar-refractivity contribution in [3.63, 3.8) is 0 Å². The second-order valence-corrected chi connectivity index (χ2v) is 31.9. The van der Waals surface area contributed by atoms with Gasteiger partial charge in [0.05, 0.1) is 0 Å². The maximum atomic E-state index is 19.9. The number of benzene rings is 3. The Balaban J connectivity index is 1.24. The molecule has 2 aromatic heterocycles. The van der Waals surface area contributed by atoms with E-state index in [-0.39, 0.29) is 41.6 Å². The molecule has 2 aliphatic rings. The third-order valence-corrected chi connectivity index (χ3v) is 24.5. The first-order valence-corrected chi connectivity index (χ1v) is 42.0. The Labute approximate surface area is 564 Å². The van der Waals surface area contributed by atoms with Crippen molar-refractivity contribution in [2.45, 2.75) is 372 Å². The van der Waals surface area contributed by atoms with Crippen LogP contribution in [0.1, 0.15) is 384 Å². The molecule has 3 aromatic carbocycles. The molecule has 0 atom stereocenters. The van der Waals surface area contributed by atoms with Crippen LogP contribution in [0.3, 0.4) is 0 Å². The van der Waals surface area contributed by atoms with Gasteiger partial charge in [-0.1, -0.05) is 182 Å². The van der Waals surface area contributed by atoms with Gasteiger partial charge < -0.3 is 0 Å². The summed E-state index contributed by atoms with van der Waals surface area (Å²) in [7, 11) is 0. The smallest absolute Gasteiger partial charge is 0.0654 e. The van der Waals surface area contributed by atoms with Crippen molar-refractivity contribution in [3.8, 4) is 22.3 Å². The SMILES string of the molecule is CCCCCCCCCCCCCCC1(CCCCCCCCCCCCCC)c2cc(I)c3n[se]nc3c2-c2c(F)c3c(c(F)c21)-c1c(cc(I)c2n[se]nc12)C3(CCCCCCCCCCCCCC)CCCCCCCCCCCCCC. The number of rotatable bonds is 52. The molecule has 0 unspecified atom stereocenters. The Kier molecular flexibility index (Phi) is 34.7. The van der Waals surface area contributed by atoms with Gasteiger partial charge in [0.15, 0.2) is 0 Å². The van der Waals surface area contributed by atoms with Gasteiger partial charge in [0.1, 0.15) is 0 Å². The van der Waals surface area contributed by atoms with E-state index in [1.165, 1.54) is 257 Å². The second-order valence-electron chi connectivity index (χ2n) is 27.3. The van der Waals surface area contributed by atoms with Crippen molar-refractivity contribution < 1.29 is 8.78 Å². The average Bonchev–Trinajstić information content (AvgIpc) is 1.52. The zero-order valence-electron chi connectivity index (χ0n) is 55.0. The zero-order chi connectivity index (χ0) is 60.7. The standard InChI is InChI=1S/C76H118F2I2N4Se2/c1-5-9-13-17-21-25-29-33-37-41-45-49-53-75(54-50-46-42-38-34-30-26-22-18-14-10-6-2)59-57-61(79)71-73(83-85-81-71)63(59)65-67(75)69(77)66-64-60(58-62(80)72-74(64)84-86-82-72)76(68(66)70(65)78,55-51-47-43-39-35-31-27-23-19-15-11-7-3)56-52-48-44-40-36-32-28-24-20-16-12-8-4/h57-58H,5-56H2,1-4H3. The maximum absolute atomic E-state index is 19.9. The molecule has 0 spiro atoms. The molecule has 2 aliphatic carbocycles. The molecule has 0 saturated carbocycles. The summed E-state index contributed by atoms with van der Waals surface area (Å²) >= 11 is 4.35. The van der Waals surface area contributed by atoms with Crippen LogP contribution in [0.2, 0.25) is 0 Å². The first-order chi connectivity index (χ1) is 42.3. The first-order valence-electron chi connectivity index (χ1n) is 36.8. The minimum absolute atomic E-state index is 0.153. The van der Waals surface area contributed by atoms with Gasteiger partial charge in [-0.15, -0.1) is 0 Å². The summed E-state index contributed by atoms with van der Waals surface area (Å²) in [6.45, 7) is 9.20. The van der Waals surface area contributed by atoms with Crippen molar-refractivity contribution in [3.05, 3.63) is 53.2 Å². The number of aromatic nitrogens is 4. The molecule has 10 heteroatoms. The molecule has 0 saturated heterocycles. The summed E-state index contributed by atoms with van der Waals surface area (Å²) in [5, 5.41) is 0. The van der Waals surface area contributed by atoms with Crippen LogP contribution in [0.15, 0.2) is 12.1 Å². The van der Waals surface area contributed by atoms with Gasteiger partial charge in [0.25, 0.3) is 0 Å². The molecule has 86 heavy (non-hydrogen) atoms. The molecule has 0 fully saturated rings. The molecule has 2 heterocycles. The number of nitrogens with zero attached hydrogens (tertiary/aromatic N) is 4. The van der Waals surface area contributed by atoms with Gasteiger partial charge in [0.2, 0.25) is 0 Å². The zero-order valence-corrected chi connectivity index (χ0v) is 62.8. The third kappa shape index (κ3) is 20.1. The fourth-order valence-electron chi connectivity index (χ4n) is 15.8. The summed E-state index contributed by atoms with van der Waals surface area (Å²) in [4.78, 5) is 0. The Bertz CT molecular complexity index is 2460. The van der Waals surface area contributed by atoms with Gasteiger partial charge in [-0.2, -0.15) is 0 Å². The van der Waals surface area contributed by atoms with Crippen LogP contribution in [0, 0.1) is 18.8 Å². The third-order valence-electron chi connectivity index (χ3n) is 20.7. The summed E-state index contributed by atoms with van der Waals surface area (Å²) in [6.07, 6.45) is 64.8. The van der Waals surface area contributed by atoms with Gasteiger partial charge in [-0.25, -0.2) is 0 Å². The van der Waals surface area contributed by atoms with Gasteiger partial charge in [-0.3, -0.25) is 0 Å². The van der Waals surface area contributed by atoms with Crippen molar-refractivity contribution in [2.75, 3.05) is 0 Å². The van der Waals surface area contributed by atoms with Crippen LogP contribution in [-0.2, 0) is 10.8 Å². The topological polar surface area (TPSA) is 51.6 Å². The van der Waals surface area contributed by atoms with Crippen molar-refractivity contribution in [1.82, 2.24) is 15.9 Å². The van der Waals surface area contributed by atoms with Crippen LogP contribution >= 0.6 is 45.2 Å². The van der Waals surface area contributed by atoms with E-state index >= 15 is 8.78 Å². The Morgan fingerprint density at radius 3 is 0.709 bits per heavy atom. The minimum Gasteiger partial charge on any atom is -0.0654 e. The van der Waals surface area contributed by atoms with Crippen LogP contribution in [0.25, 0.3) is 44.3 Å². The van der Waals surface area contributed by atoms with Crippen LogP contribution in [-0.4, -0.2) is 45.8 Å². The summed E-state index contributed by atoms with van der Waals surface area (Å²) in [6, 6.07) is 4.69. The molecule has 5 aromatic rings. The number of halogens is 4. The second kappa shape index (κ2) is 41.0. The Hall–Kier alpha value is -0.781. The van der Waals surface area contributed by atoms with E-state index in [1.807, 2.05) is 0 Å². The molecule has 0 bridgehead atoms. The minimum atomic E-state index is -0.657. The monoisotopic (exact) mass is 1540 g/mol. The van der Waals surface area contributed by atoms with Crippen LogP contribution in [0.4, 0.5) is 8.78 Å². The number of hydrogen-bond donors (Lipinski definition) is 0. The average molecular weight is 1540 g/mol. The molecule has 0 aliphatic heterocycles. The molecular weight excluding hydrogens is 1420 g/mol. The molecular formula is C76H118F2I2N4Se2. The van der Waals surface area contributed by atoms with E-state index in [4.69, 9.17) is 15.9 Å². The van der Waals surface area contributed by atoms with Crippen molar-refractivity contribution in [2.24, 2.45) is 0 Å². The van der Waals surface area contributed by atoms with Gasteiger partial charge in [-0.05, 0) is 0 Å². The quantitative estimate of drug-likeness (QED) is 0.0221. The Morgan fingerprint density at radius 2 is 0.488 bits per heavy atom. The van der Waals surface area contributed by atoms with Crippen LogP contribution in [0.5, 0.6) is 0 Å². The summed E-state index contributed by atoms with van der Waals surface area (Å²) in [5.74, 6) is -0.305. The number of hydrogen-bond acceptors (Lipinski definition) is 4. The predicted octanol–water partition coefficient (Wildman–Crippen LogP) is 26.1. The predicted molar refractivity (Wildman–Crippen MR) is 387 cm³/mol. The molecule has 7 rings (SSSR count). The van der Waals surface area contributed by atoms with E-state index in [1.54, 1.807) is 0 Å². The van der Waals surface area contributed by atoms with Gasteiger partial charge in [0, 0.05) is 0 Å². The summed E-state index contributed by atoms with van der Waals surface area (Å²) < 4.78 is 62.6.